The van der Waals surface area contributed by atoms with E-state index >= 15 is 0 Å². The average Bonchev–Trinajstić information content (AvgIpc) is 2.12. The summed E-state index contributed by atoms with van der Waals surface area (Å²) < 4.78 is 0. The van der Waals surface area contributed by atoms with Gasteiger partial charge in [0.05, 0.1) is 0 Å². The van der Waals surface area contributed by atoms with Gasteiger partial charge in [-0.05, 0) is 18.9 Å². The lowest BCUT2D eigenvalue weighted by Crippen LogP contribution is -1.91. The zero-order valence-electron chi connectivity index (χ0n) is 8.23. The number of benzene rings is 1. The molecule has 0 heterocycles. The van der Waals surface area contributed by atoms with Crippen LogP contribution in [0.4, 0.5) is 0 Å². The van der Waals surface area contributed by atoms with Crippen LogP contribution < -0.4 is 0 Å². The molecule has 1 N–H and O–H groups in total. The van der Waals surface area contributed by atoms with E-state index in [1.165, 1.54) is 5.56 Å². The van der Waals surface area contributed by atoms with E-state index in [2.05, 4.69) is 6.07 Å². The third kappa shape index (κ3) is 3.90. The van der Waals surface area contributed by atoms with E-state index in [1.54, 1.807) is 0 Å². The second-order valence-corrected chi connectivity index (χ2v) is 3.25. The lowest BCUT2D eigenvalue weighted by atomic mass is 10.1. The van der Waals surface area contributed by atoms with Crippen LogP contribution in [0.1, 0.15) is 24.0 Å². The van der Waals surface area contributed by atoms with E-state index in [1.807, 2.05) is 37.3 Å². The molecule has 0 atom stereocenters. The van der Waals surface area contributed by atoms with Crippen LogP contribution in [0.5, 0.6) is 0 Å². The summed E-state index contributed by atoms with van der Waals surface area (Å²) in [5.41, 5.74) is 2.33. The summed E-state index contributed by atoms with van der Waals surface area (Å²) >= 11 is 0. The summed E-state index contributed by atoms with van der Waals surface area (Å²) in [6.07, 6.45) is 4.63. The molecule has 0 saturated carbocycles. The van der Waals surface area contributed by atoms with Crippen molar-refractivity contribution in [3.05, 3.63) is 41.5 Å². The highest BCUT2D eigenvalue weighted by Crippen LogP contribution is 2.06. The second kappa shape index (κ2) is 5.22. The molecule has 2 heteroatoms. The number of hydrogen-bond acceptors (Lipinski definition) is 1. The van der Waals surface area contributed by atoms with Crippen molar-refractivity contribution in [3.8, 4) is 0 Å². The quantitative estimate of drug-likeness (QED) is 0.792. The van der Waals surface area contributed by atoms with Gasteiger partial charge < -0.3 is 5.11 Å². The first-order chi connectivity index (χ1) is 6.68. The van der Waals surface area contributed by atoms with E-state index in [-0.39, 0.29) is 6.42 Å². The van der Waals surface area contributed by atoms with Crippen LogP contribution in [0.2, 0.25) is 0 Å². The largest absolute Gasteiger partial charge is 0.481 e. The molecule has 0 fully saturated rings. The topological polar surface area (TPSA) is 37.3 Å². The molecule has 1 aromatic carbocycles. The van der Waals surface area contributed by atoms with Crippen molar-refractivity contribution in [2.75, 3.05) is 0 Å². The highest BCUT2D eigenvalue weighted by Gasteiger charge is 1.92. The number of hydrogen-bond donors (Lipinski definition) is 1. The second-order valence-electron chi connectivity index (χ2n) is 3.25. The standard InChI is InChI=1S/C12H14O2/c1-10-5-4-7-11(9-10)6-2-3-8-12(13)14/h2,4-7,9H,3,8H2,1H3,(H,13,14)/b6-2+. The maximum atomic E-state index is 10.2. The number of rotatable bonds is 4. The summed E-state index contributed by atoms with van der Waals surface area (Å²) in [7, 11) is 0. The molecule has 1 rings (SSSR count). The molecule has 0 amide bonds. The van der Waals surface area contributed by atoms with Crippen LogP contribution in [0.15, 0.2) is 30.3 Å². The van der Waals surface area contributed by atoms with Crippen LogP contribution in [0, 0.1) is 6.92 Å². The normalized spacial score (nSPS) is 10.6. The third-order valence-electron chi connectivity index (χ3n) is 1.88. The Balaban J connectivity index is 2.47. The molecule has 0 radical (unpaired) electrons. The molecule has 0 aliphatic carbocycles. The Morgan fingerprint density at radius 2 is 2.29 bits per heavy atom. The van der Waals surface area contributed by atoms with E-state index in [0.29, 0.717) is 6.42 Å². The highest BCUT2D eigenvalue weighted by molar-refractivity contribution is 5.67. The first-order valence-corrected chi connectivity index (χ1v) is 4.63. The SMILES string of the molecule is Cc1cccc(/C=C/CCC(=O)O)c1. The molecule has 0 saturated heterocycles. The monoisotopic (exact) mass is 190 g/mol. The van der Waals surface area contributed by atoms with Gasteiger partial charge in [-0.15, -0.1) is 0 Å². The maximum Gasteiger partial charge on any atom is 0.303 e. The summed E-state index contributed by atoms with van der Waals surface area (Å²) in [5.74, 6) is -0.751. The van der Waals surface area contributed by atoms with Crippen molar-refractivity contribution in [1.29, 1.82) is 0 Å². The number of carboxylic acid groups (broad SMARTS) is 1. The van der Waals surface area contributed by atoms with Crippen LogP contribution in [-0.2, 0) is 4.79 Å². The first kappa shape index (κ1) is 10.5. The van der Waals surface area contributed by atoms with Crippen molar-refractivity contribution in [3.63, 3.8) is 0 Å². The van der Waals surface area contributed by atoms with Crippen LogP contribution in [0.25, 0.3) is 6.08 Å². The molecule has 2 nitrogen and oxygen atoms in total. The van der Waals surface area contributed by atoms with Gasteiger partial charge in [-0.25, -0.2) is 0 Å². The van der Waals surface area contributed by atoms with Gasteiger partial charge in [-0.3, -0.25) is 4.79 Å². The fourth-order valence-corrected chi connectivity index (χ4v) is 1.20. The Morgan fingerprint density at radius 3 is 2.93 bits per heavy atom. The van der Waals surface area contributed by atoms with Gasteiger partial charge in [0.1, 0.15) is 0 Å². The zero-order valence-corrected chi connectivity index (χ0v) is 8.23. The van der Waals surface area contributed by atoms with Gasteiger partial charge in [0.25, 0.3) is 0 Å². The smallest absolute Gasteiger partial charge is 0.303 e. The highest BCUT2D eigenvalue weighted by atomic mass is 16.4. The van der Waals surface area contributed by atoms with Gasteiger partial charge in [-0.1, -0.05) is 42.0 Å². The molecule has 0 aromatic heterocycles. The lowest BCUT2D eigenvalue weighted by Gasteiger charge is -1.94. The predicted molar refractivity (Wildman–Crippen MR) is 57.1 cm³/mol. The summed E-state index contributed by atoms with van der Waals surface area (Å²) in [5, 5.41) is 8.42. The number of aliphatic carboxylic acids is 1. The Kier molecular flexibility index (Phi) is 3.92. The minimum absolute atomic E-state index is 0.197. The molecule has 0 unspecified atom stereocenters. The van der Waals surface area contributed by atoms with Crippen molar-refractivity contribution in [2.45, 2.75) is 19.8 Å². The summed E-state index contributed by atoms with van der Waals surface area (Å²) in [6.45, 7) is 2.04. The zero-order chi connectivity index (χ0) is 10.4. The Hall–Kier alpha value is -1.57. The number of carboxylic acids is 1. The van der Waals surface area contributed by atoms with E-state index in [4.69, 9.17) is 5.11 Å². The molecule has 14 heavy (non-hydrogen) atoms. The number of allylic oxidation sites excluding steroid dienone is 1. The average molecular weight is 190 g/mol. The van der Waals surface area contributed by atoms with Crippen LogP contribution in [0.3, 0.4) is 0 Å². The van der Waals surface area contributed by atoms with E-state index < -0.39 is 5.97 Å². The lowest BCUT2D eigenvalue weighted by molar-refractivity contribution is -0.136. The van der Waals surface area contributed by atoms with Gasteiger partial charge in [0.15, 0.2) is 0 Å². The molecular weight excluding hydrogens is 176 g/mol. The van der Waals surface area contributed by atoms with Crippen molar-refractivity contribution < 1.29 is 9.90 Å². The van der Waals surface area contributed by atoms with Crippen molar-refractivity contribution >= 4 is 12.0 Å². The number of carbonyl (C=O) groups is 1. The fourth-order valence-electron chi connectivity index (χ4n) is 1.20. The molecule has 0 aliphatic rings. The Bertz CT molecular complexity index is 340. The maximum absolute atomic E-state index is 10.2. The molecule has 0 aliphatic heterocycles. The minimum atomic E-state index is -0.751. The van der Waals surface area contributed by atoms with Gasteiger partial charge in [0.2, 0.25) is 0 Å². The molecule has 0 bridgehead atoms. The predicted octanol–water partition coefficient (Wildman–Crippen LogP) is 2.87. The minimum Gasteiger partial charge on any atom is -0.481 e. The van der Waals surface area contributed by atoms with Gasteiger partial charge in [0, 0.05) is 6.42 Å². The van der Waals surface area contributed by atoms with E-state index in [0.717, 1.165) is 5.56 Å². The van der Waals surface area contributed by atoms with Crippen molar-refractivity contribution in [2.24, 2.45) is 0 Å². The Labute approximate surface area is 83.9 Å². The van der Waals surface area contributed by atoms with Crippen molar-refractivity contribution in [1.82, 2.24) is 0 Å². The fraction of sp³-hybridized carbons (Fsp3) is 0.250. The molecule has 74 valence electrons. The number of aryl methyl sites for hydroxylation is 1. The van der Waals surface area contributed by atoms with Crippen LogP contribution in [-0.4, -0.2) is 11.1 Å². The Morgan fingerprint density at radius 1 is 1.50 bits per heavy atom. The third-order valence-corrected chi connectivity index (χ3v) is 1.88. The van der Waals surface area contributed by atoms with Crippen LogP contribution >= 0.6 is 0 Å². The summed E-state index contributed by atoms with van der Waals surface area (Å²) in [6, 6.07) is 8.10. The van der Waals surface area contributed by atoms with Gasteiger partial charge >= 0.3 is 5.97 Å². The molecule has 0 spiro atoms. The first-order valence-electron chi connectivity index (χ1n) is 4.63. The van der Waals surface area contributed by atoms with Gasteiger partial charge in [-0.2, -0.15) is 0 Å². The molecular formula is C12H14O2. The van der Waals surface area contributed by atoms with E-state index in [9.17, 15) is 4.79 Å². The molecule has 1 aromatic rings. The summed E-state index contributed by atoms with van der Waals surface area (Å²) in [4.78, 5) is 10.2.